The van der Waals surface area contributed by atoms with Gasteiger partial charge in [0, 0.05) is 9.79 Å². The molecular formula is C24H31PS2Si2. The zero-order chi connectivity index (χ0) is 21.4. The second-order valence-electron chi connectivity index (χ2n) is 9.52. The van der Waals surface area contributed by atoms with E-state index in [9.17, 15) is 0 Å². The first-order valence-electron chi connectivity index (χ1n) is 10.0. The predicted octanol–water partition coefficient (Wildman–Crippen LogP) is 5.11. The highest BCUT2D eigenvalue weighted by atomic mass is 32.1. The first-order valence-corrected chi connectivity index (χ1v) is 19.3. The smallest absolute Gasteiger partial charge is 0.0790 e. The molecule has 0 aromatic heterocycles. The van der Waals surface area contributed by atoms with Gasteiger partial charge >= 0.3 is 0 Å². The van der Waals surface area contributed by atoms with Crippen LogP contribution in [0.3, 0.4) is 0 Å². The minimum atomic E-state index is -1.49. The highest BCUT2D eigenvalue weighted by Gasteiger charge is 2.28. The molecule has 0 radical (unpaired) electrons. The van der Waals surface area contributed by atoms with Gasteiger partial charge in [-0.3, -0.25) is 0 Å². The van der Waals surface area contributed by atoms with Crippen molar-refractivity contribution in [1.29, 1.82) is 0 Å². The van der Waals surface area contributed by atoms with Crippen LogP contribution >= 0.6 is 33.2 Å². The third-order valence-electron chi connectivity index (χ3n) is 5.14. The Labute approximate surface area is 190 Å². The quantitative estimate of drug-likeness (QED) is 0.289. The van der Waals surface area contributed by atoms with Crippen molar-refractivity contribution < 1.29 is 0 Å². The number of thiol groups is 2. The van der Waals surface area contributed by atoms with Gasteiger partial charge in [-0.1, -0.05) is 106 Å². The summed E-state index contributed by atoms with van der Waals surface area (Å²) in [4.78, 5) is 2.35. The van der Waals surface area contributed by atoms with Gasteiger partial charge in [-0.15, -0.1) is 25.3 Å². The van der Waals surface area contributed by atoms with Gasteiger partial charge in [0.25, 0.3) is 0 Å². The van der Waals surface area contributed by atoms with Gasteiger partial charge in [-0.05, 0) is 34.2 Å². The highest BCUT2D eigenvalue weighted by molar-refractivity contribution is 7.86. The Hall–Kier alpha value is -0.776. The first-order chi connectivity index (χ1) is 13.5. The molecule has 0 aliphatic rings. The average Bonchev–Trinajstić information content (AvgIpc) is 2.63. The third kappa shape index (κ3) is 4.94. The lowest BCUT2D eigenvalue weighted by Gasteiger charge is -2.28. The topological polar surface area (TPSA) is 0 Å². The van der Waals surface area contributed by atoms with E-state index >= 15 is 0 Å². The predicted molar refractivity (Wildman–Crippen MR) is 146 cm³/mol. The zero-order valence-electron chi connectivity index (χ0n) is 18.2. The summed E-state index contributed by atoms with van der Waals surface area (Å²) in [6, 6.07) is 24.5. The molecule has 0 amide bonds. The molecule has 0 spiro atoms. The Bertz CT molecular complexity index is 942. The molecule has 3 aromatic carbocycles. The van der Waals surface area contributed by atoms with Crippen molar-refractivity contribution in [1.82, 2.24) is 0 Å². The second-order valence-corrected chi connectivity index (χ2v) is 22.6. The van der Waals surface area contributed by atoms with Crippen molar-refractivity contribution in [2.45, 2.75) is 49.1 Å². The van der Waals surface area contributed by atoms with Gasteiger partial charge in [0.15, 0.2) is 0 Å². The fourth-order valence-electron chi connectivity index (χ4n) is 3.62. The van der Waals surface area contributed by atoms with Crippen LogP contribution in [0, 0.1) is 0 Å². The number of benzene rings is 3. The third-order valence-corrected chi connectivity index (χ3v) is 13.5. The number of hydrogen-bond acceptors (Lipinski definition) is 2. The molecule has 0 aliphatic carbocycles. The van der Waals surface area contributed by atoms with Gasteiger partial charge in [-0.2, -0.15) is 0 Å². The molecule has 0 saturated heterocycles. The molecule has 0 N–H and O–H groups in total. The number of hydrogen-bond donors (Lipinski definition) is 2. The molecule has 3 aromatic rings. The fourth-order valence-corrected chi connectivity index (χ4v) is 12.0. The zero-order valence-corrected chi connectivity index (χ0v) is 22.9. The summed E-state index contributed by atoms with van der Waals surface area (Å²) in [5.74, 6) is 0. The van der Waals surface area contributed by atoms with E-state index in [0.717, 1.165) is 0 Å². The maximum absolute atomic E-state index is 5.10. The van der Waals surface area contributed by atoms with Crippen LogP contribution in [-0.2, 0) is 0 Å². The van der Waals surface area contributed by atoms with E-state index in [1.807, 2.05) is 0 Å². The Morgan fingerprint density at radius 3 is 1.34 bits per heavy atom. The minimum absolute atomic E-state index is 0.723. The van der Waals surface area contributed by atoms with Crippen LogP contribution in [0.2, 0.25) is 39.3 Å². The van der Waals surface area contributed by atoms with Crippen molar-refractivity contribution in [2.75, 3.05) is 0 Å². The lowest BCUT2D eigenvalue weighted by atomic mass is 10.3. The molecule has 0 aliphatic heterocycles. The first kappa shape index (κ1) is 22.9. The second kappa shape index (κ2) is 8.76. The molecule has 0 unspecified atom stereocenters. The highest BCUT2D eigenvalue weighted by Crippen LogP contribution is 2.37. The van der Waals surface area contributed by atoms with Crippen LogP contribution < -0.4 is 26.3 Å². The largest absolute Gasteiger partial charge is 0.143 e. The fraction of sp³-hybridized carbons (Fsp3) is 0.250. The SMILES string of the molecule is C[Si](C)(C)c1cccc(P(c2ccccc2)c2cccc([Si](C)(C)C)c2S)c1S. The van der Waals surface area contributed by atoms with Crippen molar-refractivity contribution in [2.24, 2.45) is 0 Å². The van der Waals surface area contributed by atoms with Gasteiger partial charge < -0.3 is 0 Å². The van der Waals surface area contributed by atoms with Crippen LogP contribution in [0.4, 0.5) is 0 Å². The molecule has 3 rings (SSSR count). The molecule has 0 atom stereocenters. The van der Waals surface area contributed by atoms with Crippen LogP contribution in [0.15, 0.2) is 76.5 Å². The standard InChI is InChI=1S/C24H31PS2Si2/c1-28(2,3)21-16-10-14-19(23(21)26)25(18-12-8-7-9-13-18)20-15-11-17-22(24(20)27)29(4,5)6/h7-17,26-27H,1-6H3. The minimum Gasteiger partial charge on any atom is -0.143 e. The molecule has 152 valence electrons. The van der Waals surface area contributed by atoms with Crippen molar-refractivity contribution in [3.8, 4) is 0 Å². The van der Waals surface area contributed by atoms with E-state index in [0.29, 0.717) is 0 Å². The summed E-state index contributed by atoms with van der Waals surface area (Å²) in [6.07, 6.45) is 0. The van der Waals surface area contributed by atoms with Gasteiger partial charge in [0.2, 0.25) is 0 Å². The molecule has 0 nitrogen and oxygen atoms in total. The van der Waals surface area contributed by atoms with Gasteiger partial charge in [-0.25, -0.2) is 0 Å². The van der Waals surface area contributed by atoms with Crippen LogP contribution in [0.1, 0.15) is 0 Å². The molecule has 0 bridgehead atoms. The molecular weight excluding hydrogens is 440 g/mol. The van der Waals surface area contributed by atoms with Crippen LogP contribution in [0.25, 0.3) is 0 Å². The number of rotatable bonds is 5. The maximum Gasteiger partial charge on any atom is 0.0790 e. The van der Waals surface area contributed by atoms with E-state index in [2.05, 4.69) is 106 Å². The molecule has 0 heterocycles. The van der Waals surface area contributed by atoms with Crippen molar-refractivity contribution >= 4 is 75.6 Å². The summed E-state index contributed by atoms with van der Waals surface area (Å²) in [7, 11) is -3.70. The summed E-state index contributed by atoms with van der Waals surface area (Å²) in [5.41, 5.74) is 0. The van der Waals surface area contributed by atoms with Crippen LogP contribution in [0.5, 0.6) is 0 Å². The average molecular weight is 471 g/mol. The monoisotopic (exact) mass is 470 g/mol. The summed E-state index contributed by atoms with van der Waals surface area (Å²) in [5, 5.41) is 6.91. The molecule has 29 heavy (non-hydrogen) atoms. The normalized spacial score (nSPS) is 12.4. The lowest BCUT2D eigenvalue weighted by molar-refractivity contribution is 1.53. The molecule has 5 heteroatoms. The molecule has 0 saturated carbocycles. The maximum atomic E-state index is 5.10. The molecule has 0 fully saturated rings. The van der Waals surface area contributed by atoms with Gasteiger partial charge in [0.05, 0.1) is 16.1 Å². The van der Waals surface area contributed by atoms with E-state index in [1.54, 1.807) is 0 Å². The van der Waals surface area contributed by atoms with E-state index < -0.39 is 24.1 Å². The summed E-state index contributed by atoms with van der Waals surface area (Å²) >= 11 is 10.2. The summed E-state index contributed by atoms with van der Waals surface area (Å²) in [6.45, 7) is 14.4. The van der Waals surface area contributed by atoms with Crippen LogP contribution in [-0.4, -0.2) is 16.1 Å². The Balaban J connectivity index is 2.31. The van der Waals surface area contributed by atoms with Crippen molar-refractivity contribution in [3.63, 3.8) is 0 Å². The van der Waals surface area contributed by atoms with Gasteiger partial charge in [0.1, 0.15) is 0 Å². The van der Waals surface area contributed by atoms with E-state index in [1.165, 1.54) is 36.1 Å². The Morgan fingerprint density at radius 1 is 0.552 bits per heavy atom. The van der Waals surface area contributed by atoms with E-state index in [-0.39, 0.29) is 0 Å². The lowest BCUT2D eigenvalue weighted by Crippen LogP contribution is -2.43. The Kier molecular flexibility index (Phi) is 6.92. The van der Waals surface area contributed by atoms with Crippen molar-refractivity contribution in [3.05, 3.63) is 66.7 Å². The Morgan fingerprint density at radius 2 is 0.966 bits per heavy atom. The van der Waals surface area contributed by atoms with E-state index in [4.69, 9.17) is 25.3 Å². The summed E-state index contributed by atoms with van der Waals surface area (Å²) < 4.78 is 0.